The number of aliphatic carboxylic acids is 1. The van der Waals surface area contributed by atoms with Gasteiger partial charge >= 0.3 is 5.97 Å². The number of hydrogen-bond donors (Lipinski definition) is 2. The summed E-state index contributed by atoms with van der Waals surface area (Å²) in [6.07, 6.45) is -0.0961. The van der Waals surface area contributed by atoms with Crippen molar-refractivity contribution in [3.8, 4) is 0 Å². The molecule has 106 valence electrons. The van der Waals surface area contributed by atoms with Gasteiger partial charge in [-0.05, 0) is 6.07 Å². The van der Waals surface area contributed by atoms with Crippen molar-refractivity contribution >= 4 is 28.9 Å². The standard InChI is InChI=1S/C12H13N3O5/c1-13-9-3-2-8(15(19)20)5-10(9)14-6-7(12(17)18)4-11(14)16/h2-3,5,7,13H,4,6H2,1H3,(H,17,18). The molecule has 0 radical (unpaired) electrons. The van der Waals surface area contributed by atoms with Crippen molar-refractivity contribution in [2.24, 2.45) is 5.92 Å². The predicted octanol–water partition coefficient (Wildman–Crippen LogP) is 1.07. The number of rotatable bonds is 4. The molecule has 0 aromatic heterocycles. The third kappa shape index (κ3) is 2.40. The molecule has 0 saturated carbocycles. The number of carboxylic acid groups (broad SMARTS) is 1. The first-order valence-electron chi connectivity index (χ1n) is 5.93. The Morgan fingerprint density at radius 1 is 1.55 bits per heavy atom. The molecule has 0 spiro atoms. The van der Waals surface area contributed by atoms with Gasteiger partial charge in [-0.1, -0.05) is 0 Å². The van der Waals surface area contributed by atoms with Gasteiger partial charge in [0.1, 0.15) is 0 Å². The molecule has 8 nitrogen and oxygen atoms in total. The zero-order valence-electron chi connectivity index (χ0n) is 10.7. The van der Waals surface area contributed by atoms with E-state index in [0.29, 0.717) is 11.4 Å². The minimum absolute atomic E-state index is 0.0179. The second kappa shape index (κ2) is 5.16. The molecule has 1 aromatic carbocycles. The topological polar surface area (TPSA) is 113 Å². The zero-order chi connectivity index (χ0) is 14.9. The lowest BCUT2D eigenvalue weighted by Gasteiger charge is -2.19. The Morgan fingerprint density at radius 3 is 2.75 bits per heavy atom. The molecule has 2 N–H and O–H groups in total. The predicted molar refractivity (Wildman–Crippen MR) is 70.7 cm³/mol. The lowest BCUT2D eigenvalue weighted by Crippen LogP contribution is -2.26. The maximum Gasteiger partial charge on any atom is 0.308 e. The number of nitrogens with one attached hydrogen (secondary N) is 1. The van der Waals surface area contributed by atoms with E-state index in [1.807, 2.05) is 0 Å². The van der Waals surface area contributed by atoms with E-state index in [1.165, 1.54) is 23.1 Å². The Hall–Kier alpha value is -2.64. The number of benzene rings is 1. The quantitative estimate of drug-likeness (QED) is 0.629. The highest BCUT2D eigenvalue weighted by molar-refractivity contribution is 6.01. The third-order valence-electron chi connectivity index (χ3n) is 3.23. The van der Waals surface area contributed by atoms with Crippen LogP contribution in [0.25, 0.3) is 0 Å². The van der Waals surface area contributed by atoms with Gasteiger partial charge in [-0.15, -0.1) is 0 Å². The van der Waals surface area contributed by atoms with Crippen LogP contribution in [0.3, 0.4) is 0 Å². The fourth-order valence-corrected chi connectivity index (χ4v) is 2.17. The molecule has 1 unspecified atom stereocenters. The van der Waals surface area contributed by atoms with Gasteiger partial charge in [-0.2, -0.15) is 0 Å². The molecule has 1 atom stereocenters. The van der Waals surface area contributed by atoms with Gasteiger partial charge in [-0.25, -0.2) is 0 Å². The highest BCUT2D eigenvalue weighted by Crippen LogP contribution is 2.34. The van der Waals surface area contributed by atoms with Gasteiger partial charge in [0, 0.05) is 32.1 Å². The molecule has 1 aliphatic rings. The van der Waals surface area contributed by atoms with E-state index in [9.17, 15) is 19.7 Å². The van der Waals surface area contributed by atoms with E-state index in [-0.39, 0.29) is 24.6 Å². The second-order valence-electron chi connectivity index (χ2n) is 4.45. The number of nitro benzene ring substituents is 1. The first-order valence-corrected chi connectivity index (χ1v) is 5.93. The van der Waals surface area contributed by atoms with Gasteiger partial charge in [0.15, 0.2) is 0 Å². The summed E-state index contributed by atoms with van der Waals surface area (Å²) in [5.41, 5.74) is 0.719. The Bertz CT molecular complexity index is 586. The van der Waals surface area contributed by atoms with Crippen LogP contribution in [-0.2, 0) is 9.59 Å². The number of amides is 1. The van der Waals surface area contributed by atoms with Crippen LogP contribution in [0.4, 0.5) is 17.1 Å². The summed E-state index contributed by atoms with van der Waals surface area (Å²) in [6.45, 7) is 0.0179. The minimum Gasteiger partial charge on any atom is -0.481 e. The van der Waals surface area contributed by atoms with Gasteiger partial charge in [0.25, 0.3) is 5.69 Å². The molecular formula is C12H13N3O5. The number of non-ortho nitro benzene ring substituents is 1. The number of nitrogens with zero attached hydrogens (tertiary/aromatic N) is 2. The van der Waals surface area contributed by atoms with E-state index in [4.69, 9.17) is 5.11 Å². The SMILES string of the molecule is CNc1ccc([N+](=O)[O-])cc1N1CC(C(=O)O)CC1=O. The summed E-state index contributed by atoms with van der Waals surface area (Å²) < 4.78 is 0. The molecule has 1 saturated heterocycles. The Balaban J connectivity index is 2.40. The van der Waals surface area contributed by atoms with Crippen LogP contribution in [0.1, 0.15) is 6.42 Å². The molecule has 1 aromatic rings. The summed E-state index contributed by atoms with van der Waals surface area (Å²) in [7, 11) is 1.62. The summed E-state index contributed by atoms with van der Waals surface area (Å²) >= 11 is 0. The third-order valence-corrected chi connectivity index (χ3v) is 3.23. The summed E-state index contributed by atoms with van der Waals surface area (Å²) in [4.78, 5) is 34.4. The summed E-state index contributed by atoms with van der Waals surface area (Å²) in [6, 6.07) is 4.09. The maximum absolute atomic E-state index is 11.9. The molecule has 0 bridgehead atoms. The van der Waals surface area contributed by atoms with Gasteiger partial charge in [-0.3, -0.25) is 19.7 Å². The van der Waals surface area contributed by atoms with Gasteiger partial charge < -0.3 is 15.3 Å². The van der Waals surface area contributed by atoms with E-state index in [2.05, 4.69) is 5.32 Å². The molecule has 20 heavy (non-hydrogen) atoms. The van der Waals surface area contributed by atoms with Crippen molar-refractivity contribution in [1.29, 1.82) is 0 Å². The fraction of sp³-hybridized carbons (Fsp3) is 0.333. The number of carbonyl (C=O) groups excluding carboxylic acids is 1. The molecule has 8 heteroatoms. The number of nitro groups is 1. The van der Waals surface area contributed by atoms with Gasteiger partial charge in [0.2, 0.25) is 5.91 Å². The number of hydrogen-bond acceptors (Lipinski definition) is 5. The molecule has 1 heterocycles. The van der Waals surface area contributed by atoms with Crippen LogP contribution in [0, 0.1) is 16.0 Å². The van der Waals surface area contributed by atoms with Crippen LogP contribution in [0.5, 0.6) is 0 Å². The normalized spacial score (nSPS) is 18.1. The smallest absolute Gasteiger partial charge is 0.308 e. The average molecular weight is 279 g/mol. The number of anilines is 2. The molecule has 1 aliphatic heterocycles. The van der Waals surface area contributed by atoms with Crippen molar-refractivity contribution in [3.63, 3.8) is 0 Å². The molecular weight excluding hydrogens is 266 g/mol. The Labute approximate surface area is 114 Å². The van der Waals surface area contributed by atoms with E-state index >= 15 is 0 Å². The van der Waals surface area contributed by atoms with Crippen molar-refractivity contribution in [2.45, 2.75) is 6.42 Å². The van der Waals surface area contributed by atoms with Gasteiger partial charge in [0.05, 0.1) is 22.2 Å². The molecule has 1 amide bonds. The summed E-state index contributed by atoms with van der Waals surface area (Å²) in [5.74, 6) is -2.18. The summed E-state index contributed by atoms with van der Waals surface area (Å²) in [5, 5.41) is 22.6. The minimum atomic E-state index is -1.04. The lowest BCUT2D eigenvalue weighted by molar-refractivity contribution is -0.384. The van der Waals surface area contributed by atoms with Crippen molar-refractivity contribution in [1.82, 2.24) is 0 Å². The van der Waals surface area contributed by atoms with Crippen LogP contribution < -0.4 is 10.2 Å². The number of carboxylic acids is 1. The Kier molecular flexibility index (Phi) is 3.55. The lowest BCUT2D eigenvalue weighted by atomic mass is 10.1. The van der Waals surface area contributed by atoms with Crippen molar-refractivity contribution < 1.29 is 19.6 Å². The van der Waals surface area contributed by atoms with Crippen molar-refractivity contribution in [2.75, 3.05) is 23.8 Å². The largest absolute Gasteiger partial charge is 0.481 e. The van der Waals surface area contributed by atoms with Crippen molar-refractivity contribution in [3.05, 3.63) is 28.3 Å². The zero-order valence-corrected chi connectivity index (χ0v) is 10.7. The highest BCUT2D eigenvalue weighted by Gasteiger charge is 2.36. The van der Waals surface area contributed by atoms with E-state index < -0.39 is 16.8 Å². The van der Waals surface area contributed by atoms with Crippen LogP contribution in [-0.4, -0.2) is 35.5 Å². The molecule has 0 aliphatic carbocycles. The molecule has 2 rings (SSSR count). The maximum atomic E-state index is 11.9. The van der Waals surface area contributed by atoms with E-state index in [0.717, 1.165) is 0 Å². The fourth-order valence-electron chi connectivity index (χ4n) is 2.17. The first kappa shape index (κ1) is 13.8. The van der Waals surface area contributed by atoms with Crippen LogP contribution in [0.15, 0.2) is 18.2 Å². The highest BCUT2D eigenvalue weighted by atomic mass is 16.6. The molecule has 1 fully saturated rings. The monoisotopic (exact) mass is 279 g/mol. The van der Waals surface area contributed by atoms with Crippen LogP contribution in [0.2, 0.25) is 0 Å². The Morgan fingerprint density at radius 2 is 2.25 bits per heavy atom. The number of carbonyl (C=O) groups is 2. The van der Waals surface area contributed by atoms with E-state index in [1.54, 1.807) is 7.05 Å². The average Bonchev–Trinajstić information content (AvgIpc) is 2.80. The first-order chi connectivity index (χ1) is 9.43. The second-order valence-corrected chi connectivity index (χ2v) is 4.45. The van der Waals surface area contributed by atoms with Crippen LogP contribution >= 0.6 is 0 Å².